The number of halogens is 3. The minimum atomic E-state index is -4.51. The average Bonchev–Trinajstić information content (AvgIpc) is 3.90. The number of alkyl halides is 3. The van der Waals surface area contributed by atoms with E-state index in [1.807, 2.05) is 41.7 Å². The lowest BCUT2D eigenvalue weighted by Crippen LogP contribution is -2.04. The molecule has 0 saturated heterocycles. The van der Waals surface area contributed by atoms with Gasteiger partial charge in [0.2, 0.25) is 0 Å². The van der Waals surface area contributed by atoms with E-state index in [0.717, 1.165) is 54.3 Å². The first-order valence-electron chi connectivity index (χ1n) is 18.3. The van der Waals surface area contributed by atoms with Crippen molar-refractivity contribution in [2.24, 2.45) is 4.99 Å². The van der Waals surface area contributed by atoms with Gasteiger partial charge in [-0.3, -0.25) is 10.1 Å². The molecule has 5 rings (SSSR count). The van der Waals surface area contributed by atoms with Crippen molar-refractivity contribution in [1.82, 2.24) is 15.2 Å². The van der Waals surface area contributed by atoms with Crippen LogP contribution in [0.4, 0.5) is 13.2 Å². The Kier molecular flexibility index (Phi) is 13.5. The van der Waals surface area contributed by atoms with Gasteiger partial charge in [-0.15, -0.1) is 22.7 Å². The number of nitrogens with one attached hydrogen (secondary N) is 1. The number of aryl methyl sites for hydroxylation is 3. The lowest BCUT2D eigenvalue weighted by Gasteiger charge is -2.10. The maximum atomic E-state index is 13.6. The van der Waals surface area contributed by atoms with Gasteiger partial charge in [-0.05, 0) is 98.5 Å². The summed E-state index contributed by atoms with van der Waals surface area (Å²) in [5, 5.41) is 6.24. The fraction of sp³-hybridized carbons (Fsp3) is 0.525. The van der Waals surface area contributed by atoms with Crippen molar-refractivity contribution in [1.29, 1.82) is 0 Å². The van der Waals surface area contributed by atoms with E-state index < -0.39 is 11.9 Å². The van der Waals surface area contributed by atoms with E-state index in [1.165, 1.54) is 101 Å². The third kappa shape index (κ3) is 10.0. The van der Waals surface area contributed by atoms with Crippen LogP contribution in [0.15, 0.2) is 41.4 Å². The van der Waals surface area contributed by atoms with Gasteiger partial charge >= 0.3 is 6.18 Å². The molecule has 0 aliphatic carbocycles. The molecule has 0 saturated carbocycles. The van der Waals surface area contributed by atoms with E-state index in [-0.39, 0.29) is 5.69 Å². The van der Waals surface area contributed by atoms with Gasteiger partial charge in [0.15, 0.2) is 0 Å². The Morgan fingerprint density at radius 1 is 0.694 bits per heavy atom. The van der Waals surface area contributed by atoms with Crippen molar-refractivity contribution in [3.8, 4) is 31.6 Å². The molecule has 9 heteroatoms. The zero-order valence-corrected chi connectivity index (χ0v) is 31.2. The largest absolute Gasteiger partial charge is 0.432 e. The normalized spacial score (nSPS) is 13.4. The van der Waals surface area contributed by atoms with Gasteiger partial charge in [-0.25, -0.2) is 4.98 Å². The van der Waals surface area contributed by atoms with E-state index in [1.54, 1.807) is 0 Å². The molecular weight excluding hydrogens is 658 g/mol. The van der Waals surface area contributed by atoms with Gasteiger partial charge < -0.3 is 0 Å². The Labute approximate surface area is 298 Å². The summed E-state index contributed by atoms with van der Waals surface area (Å²) in [4.78, 5) is 14.7. The van der Waals surface area contributed by atoms with Crippen LogP contribution in [0, 0.1) is 0 Å². The van der Waals surface area contributed by atoms with Gasteiger partial charge in [0.05, 0.1) is 17.9 Å². The molecule has 49 heavy (non-hydrogen) atoms. The van der Waals surface area contributed by atoms with Crippen molar-refractivity contribution in [3.63, 3.8) is 0 Å². The Bertz CT molecular complexity index is 1720. The van der Waals surface area contributed by atoms with Crippen LogP contribution in [0.1, 0.15) is 132 Å². The van der Waals surface area contributed by atoms with Crippen LogP contribution < -0.4 is 0 Å². The molecule has 264 valence electrons. The highest BCUT2D eigenvalue weighted by molar-refractivity contribution is 7.24. The second-order valence-corrected chi connectivity index (χ2v) is 15.6. The number of aliphatic imine (C=N–C) groups is 1. The number of nitrogens with zero attached hydrogens (tertiary/aromatic N) is 3. The van der Waals surface area contributed by atoms with Crippen LogP contribution in [0.2, 0.25) is 0 Å². The predicted molar refractivity (Wildman–Crippen MR) is 203 cm³/mol. The van der Waals surface area contributed by atoms with E-state index >= 15 is 0 Å². The molecule has 0 spiro atoms. The third-order valence-corrected chi connectivity index (χ3v) is 11.9. The molecular formula is C40H51F3N4S2. The van der Waals surface area contributed by atoms with E-state index in [4.69, 9.17) is 4.98 Å². The minimum Gasteiger partial charge on any atom is -0.285 e. The smallest absolute Gasteiger partial charge is 0.285 e. The molecule has 4 aromatic heterocycles. The van der Waals surface area contributed by atoms with Crippen LogP contribution in [-0.2, 0) is 25.4 Å². The molecule has 5 heterocycles. The quantitative estimate of drug-likeness (QED) is 0.0986. The Morgan fingerprint density at radius 2 is 1.33 bits per heavy atom. The number of pyridine rings is 1. The molecule has 0 unspecified atom stereocenters. The topological polar surface area (TPSA) is 53.9 Å². The van der Waals surface area contributed by atoms with Crippen LogP contribution >= 0.6 is 22.7 Å². The average molecular weight is 709 g/mol. The second kappa shape index (κ2) is 17.8. The lowest BCUT2D eigenvalue weighted by molar-refractivity contribution is -0.141. The molecule has 4 nitrogen and oxygen atoms in total. The fourth-order valence-corrected chi connectivity index (χ4v) is 9.03. The molecule has 4 aromatic rings. The summed E-state index contributed by atoms with van der Waals surface area (Å²) < 4.78 is 40.7. The van der Waals surface area contributed by atoms with Gasteiger partial charge in [-0.2, -0.15) is 18.3 Å². The summed E-state index contributed by atoms with van der Waals surface area (Å²) in [6, 6.07) is 9.97. The number of unbranched alkanes of at least 4 members (excludes halogenated alkanes) is 9. The number of hydrogen-bond donors (Lipinski definition) is 1. The van der Waals surface area contributed by atoms with E-state index in [2.05, 4.69) is 54.2 Å². The molecule has 0 atom stereocenters. The Balaban J connectivity index is 1.58. The molecule has 1 aliphatic heterocycles. The standard InChI is InChI=1S/C40H51F3N4S2/c1-5-8-11-14-17-28-21-32(19-16-13-10-7-3)48-39(28)36-24-29(18-15-12-9-6-2)38(49-36)30-22-33(31-20-27(4)44-26-31)45-34(23-30)35-25-37(47-46-35)40(41,42)43/h20-25H,5-19,26H2,1-4H3,(H,46,47). The fourth-order valence-electron chi connectivity index (χ4n) is 6.45. The van der Waals surface area contributed by atoms with Crippen molar-refractivity contribution >= 4 is 34.0 Å². The molecule has 0 bridgehead atoms. The van der Waals surface area contributed by atoms with Crippen molar-refractivity contribution in [3.05, 3.63) is 63.8 Å². The first-order valence-corrected chi connectivity index (χ1v) is 20.0. The zero-order valence-electron chi connectivity index (χ0n) is 29.6. The number of H-pyrrole nitrogens is 1. The third-order valence-electron chi connectivity index (χ3n) is 9.21. The van der Waals surface area contributed by atoms with Crippen molar-refractivity contribution in [2.75, 3.05) is 6.54 Å². The van der Waals surface area contributed by atoms with Crippen LogP contribution in [0.25, 0.3) is 37.2 Å². The molecule has 0 aromatic carbocycles. The van der Waals surface area contributed by atoms with Gasteiger partial charge in [0.25, 0.3) is 0 Å². The maximum Gasteiger partial charge on any atom is 0.432 e. The summed E-state index contributed by atoms with van der Waals surface area (Å²) in [6.07, 6.45) is 15.3. The Hall–Kier alpha value is -3.04. The first-order chi connectivity index (χ1) is 23.7. The summed E-state index contributed by atoms with van der Waals surface area (Å²) in [6.45, 7) is 9.21. The molecule has 0 amide bonds. The van der Waals surface area contributed by atoms with Crippen LogP contribution in [-0.4, -0.2) is 27.4 Å². The molecule has 1 aliphatic rings. The monoisotopic (exact) mass is 708 g/mol. The summed E-state index contributed by atoms with van der Waals surface area (Å²) in [5.41, 5.74) is 6.12. The van der Waals surface area contributed by atoms with Gasteiger partial charge in [-0.1, -0.05) is 78.6 Å². The Morgan fingerprint density at radius 3 is 1.92 bits per heavy atom. The highest BCUT2D eigenvalue weighted by Crippen LogP contribution is 2.45. The van der Waals surface area contributed by atoms with Gasteiger partial charge in [0, 0.05) is 30.8 Å². The highest BCUT2D eigenvalue weighted by Gasteiger charge is 2.33. The molecule has 1 N–H and O–H groups in total. The number of aromatic amines is 1. The summed E-state index contributed by atoms with van der Waals surface area (Å²) in [5.74, 6) is 0. The summed E-state index contributed by atoms with van der Waals surface area (Å²) >= 11 is 3.79. The predicted octanol–water partition coefficient (Wildman–Crippen LogP) is 13.2. The molecule has 0 radical (unpaired) electrons. The number of allylic oxidation sites excluding steroid dienone is 1. The minimum absolute atomic E-state index is 0.188. The van der Waals surface area contributed by atoms with Crippen molar-refractivity contribution < 1.29 is 13.2 Å². The van der Waals surface area contributed by atoms with Crippen molar-refractivity contribution in [2.45, 2.75) is 130 Å². The number of hydrogen-bond acceptors (Lipinski definition) is 5. The number of rotatable bonds is 19. The molecule has 0 fully saturated rings. The SMILES string of the molecule is CCCCCCc1cc(CCCCCC)c(-c2cc(CCCCCC)c(-c3cc(C4=CC(C)=NC4)nc(-c4cc(C(F)(F)F)[nH]n4)c3)s2)s1. The van der Waals surface area contributed by atoms with Crippen LogP contribution in [0.3, 0.4) is 0 Å². The van der Waals surface area contributed by atoms with Crippen LogP contribution in [0.5, 0.6) is 0 Å². The van der Waals surface area contributed by atoms with E-state index in [9.17, 15) is 13.2 Å². The maximum absolute atomic E-state index is 13.6. The second-order valence-electron chi connectivity index (χ2n) is 13.4. The summed E-state index contributed by atoms with van der Waals surface area (Å²) in [7, 11) is 0. The number of thiophene rings is 2. The highest BCUT2D eigenvalue weighted by atomic mass is 32.1. The first kappa shape index (κ1) is 37.2. The lowest BCUT2D eigenvalue weighted by atomic mass is 10.00. The zero-order chi connectivity index (χ0) is 34.8. The number of aromatic nitrogens is 3. The van der Waals surface area contributed by atoms with Gasteiger partial charge in [0.1, 0.15) is 11.4 Å². The van der Waals surface area contributed by atoms with E-state index in [0.29, 0.717) is 12.2 Å².